The summed E-state index contributed by atoms with van der Waals surface area (Å²) in [6.45, 7) is 2.98. The maximum absolute atomic E-state index is 13.3. The van der Waals surface area contributed by atoms with Gasteiger partial charge in [-0.15, -0.1) is 11.3 Å². The van der Waals surface area contributed by atoms with E-state index in [4.69, 9.17) is 11.6 Å². The second kappa shape index (κ2) is 9.60. The Bertz CT molecular complexity index is 1560. The van der Waals surface area contributed by atoms with Crippen LogP contribution < -0.4 is 0 Å². The number of hydrogen-bond donors (Lipinski definition) is 0. The molecular weight excluding hydrogens is 640 g/mol. The average Bonchev–Trinajstić information content (AvgIpc) is 3.41. The van der Waals surface area contributed by atoms with Crippen LogP contribution >= 0.6 is 54.8 Å². The van der Waals surface area contributed by atoms with E-state index in [0.29, 0.717) is 31.9 Å². The molecule has 182 valence electrons. The molecule has 1 amide bonds. The van der Waals surface area contributed by atoms with E-state index in [-0.39, 0.29) is 23.9 Å². The molecule has 0 aliphatic carbocycles. The predicted octanol–water partition coefficient (Wildman–Crippen LogP) is 5.72. The summed E-state index contributed by atoms with van der Waals surface area (Å²) in [6, 6.07) is 14.4. The first-order valence-electron chi connectivity index (χ1n) is 10.7. The Morgan fingerprint density at radius 1 is 1.06 bits per heavy atom. The first kappa shape index (κ1) is 24.9. The molecular formula is C23H19Br2ClN4O3S2. The van der Waals surface area contributed by atoms with Crippen LogP contribution in [0.4, 0.5) is 0 Å². The summed E-state index contributed by atoms with van der Waals surface area (Å²) in [5, 5.41) is 6.09. The van der Waals surface area contributed by atoms with Gasteiger partial charge in [-0.2, -0.15) is 9.40 Å². The smallest absolute Gasteiger partial charge is 0.264 e. The first-order valence-corrected chi connectivity index (χ1v) is 14.9. The highest BCUT2D eigenvalue weighted by molar-refractivity contribution is 9.11. The lowest BCUT2D eigenvalue weighted by Crippen LogP contribution is -2.50. The van der Waals surface area contributed by atoms with E-state index >= 15 is 0 Å². The van der Waals surface area contributed by atoms with Crippen LogP contribution in [0.3, 0.4) is 0 Å². The van der Waals surface area contributed by atoms with Crippen LogP contribution in [0.25, 0.3) is 15.9 Å². The number of piperazine rings is 1. The number of fused-ring (bicyclic) bond motifs is 1. The second-order valence-electron chi connectivity index (χ2n) is 8.05. The van der Waals surface area contributed by atoms with Crippen LogP contribution in [-0.4, -0.2) is 59.5 Å². The zero-order valence-corrected chi connectivity index (χ0v) is 24.0. The number of rotatable bonds is 4. The van der Waals surface area contributed by atoms with Gasteiger partial charge >= 0.3 is 0 Å². The number of halogens is 3. The molecule has 0 spiro atoms. The Balaban J connectivity index is 1.36. The number of carbonyl (C=O) groups excluding carboxylic acids is 1. The molecule has 12 heteroatoms. The maximum atomic E-state index is 13.3. The molecule has 2 aromatic carbocycles. The molecule has 35 heavy (non-hydrogen) atoms. The van der Waals surface area contributed by atoms with Crippen LogP contribution in [0, 0.1) is 6.92 Å². The second-order valence-corrected chi connectivity index (χ2v) is 13.2. The number of hydrogen-bond acceptors (Lipinski definition) is 5. The third-order valence-electron chi connectivity index (χ3n) is 5.87. The number of amides is 1. The molecule has 1 aliphatic rings. The summed E-state index contributed by atoms with van der Waals surface area (Å²) in [7, 11) is -3.69. The van der Waals surface area contributed by atoms with Gasteiger partial charge in [0.15, 0.2) is 0 Å². The van der Waals surface area contributed by atoms with Gasteiger partial charge in [0.2, 0.25) is 10.0 Å². The Morgan fingerprint density at radius 3 is 2.49 bits per heavy atom. The summed E-state index contributed by atoms with van der Waals surface area (Å²) in [5.74, 6) is -0.114. The normalized spacial score (nSPS) is 15.1. The van der Waals surface area contributed by atoms with Gasteiger partial charge in [-0.05, 0) is 59.3 Å². The number of benzene rings is 2. The Kier molecular flexibility index (Phi) is 6.84. The highest BCUT2D eigenvalue weighted by Gasteiger charge is 2.32. The van der Waals surface area contributed by atoms with E-state index in [1.807, 2.05) is 31.2 Å². The van der Waals surface area contributed by atoms with E-state index in [2.05, 4.69) is 37.0 Å². The van der Waals surface area contributed by atoms with E-state index in [1.54, 1.807) is 33.8 Å². The van der Waals surface area contributed by atoms with Gasteiger partial charge in [0, 0.05) is 40.5 Å². The summed E-state index contributed by atoms with van der Waals surface area (Å²) >= 11 is 14.4. The van der Waals surface area contributed by atoms with Crippen LogP contribution in [0.1, 0.15) is 15.4 Å². The van der Waals surface area contributed by atoms with Crippen molar-refractivity contribution in [3.8, 4) is 5.69 Å². The molecule has 1 saturated heterocycles. The zero-order chi connectivity index (χ0) is 24.9. The van der Waals surface area contributed by atoms with Gasteiger partial charge in [0.25, 0.3) is 5.91 Å². The molecule has 0 atom stereocenters. The zero-order valence-electron chi connectivity index (χ0n) is 18.4. The molecule has 0 radical (unpaired) electrons. The SMILES string of the molecule is Cc1nn(-c2ccccc2Cl)c2sc(C(=O)N3CCN(S(=O)(=O)c4cc(Br)ccc4Br)CC3)cc12. The number of nitrogens with zero attached hydrogens (tertiary/aromatic N) is 4. The fraction of sp³-hybridized carbons (Fsp3) is 0.217. The minimum atomic E-state index is -3.69. The number of aryl methyl sites for hydroxylation is 1. The standard InChI is InChI=1S/C23H19Br2ClN4O3S2/c1-14-16-13-20(34-23(16)30(27-14)19-5-3-2-4-18(19)26)22(31)28-8-10-29(11-9-28)35(32,33)21-12-15(24)6-7-17(21)25/h2-7,12-13H,8-11H2,1H3. The van der Waals surface area contributed by atoms with E-state index in [9.17, 15) is 13.2 Å². The lowest BCUT2D eigenvalue weighted by atomic mass is 10.2. The fourth-order valence-electron chi connectivity index (χ4n) is 4.04. The molecule has 7 nitrogen and oxygen atoms in total. The van der Waals surface area contributed by atoms with Crippen molar-refractivity contribution in [3.05, 3.63) is 73.1 Å². The molecule has 1 aliphatic heterocycles. The quantitative estimate of drug-likeness (QED) is 0.281. The first-order chi connectivity index (χ1) is 16.7. The van der Waals surface area contributed by atoms with Gasteiger partial charge in [0.1, 0.15) is 4.83 Å². The van der Waals surface area contributed by atoms with E-state index in [1.165, 1.54) is 15.6 Å². The highest BCUT2D eigenvalue weighted by Crippen LogP contribution is 2.34. The van der Waals surface area contributed by atoms with Crippen molar-refractivity contribution in [1.29, 1.82) is 0 Å². The minimum absolute atomic E-state index is 0.114. The number of para-hydroxylation sites is 1. The lowest BCUT2D eigenvalue weighted by Gasteiger charge is -2.34. The minimum Gasteiger partial charge on any atom is -0.335 e. The van der Waals surface area contributed by atoms with Gasteiger partial charge in [0.05, 0.1) is 26.2 Å². The van der Waals surface area contributed by atoms with Gasteiger partial charge in [-0.25, -0.2) is 13.1 Å². The molecule has 0 unspecified atom stereocenters. The number of aromatic nitrogens is 2. The van der Waals surface area contributed by atoms with Gasteiger partial charge in [-0.1, -0.05) is 39.7 Å². The molecule has 5 rings (SSSR count). The van der Waals surface area contributed by atoms with Crippen molar-refractivity contribution >= 4 is 80.9 Å². The van der Waals surface area contributed by atoms with Crippen LogP contribution in [0.5, 0.6) is 0 Å². The molecule has 0 saturated carbocycles. The average molecular weight is 659 g/mol. The van der Waals surface area contributed by atoms with Crippen LogP contribution in [-0.2, 0) is 10.0 Å². The topological polar surface area (TPSA) is 75.5 Å². The molecule has 2 aromatic heterocycles. The third-order valence-corrected chi connectivity index (χ3v) is 10.7. The van der Waals surface area contributed by atoms with Crippen molar-refractivity contribution in [2.24, 2.45) is 0 Å². The van der Waals surface area contributed by atoms with Crippen LogP contribution in [0.2, 0.25) is 5.02 Å². The van der Waals surface area contributed by atoms with Gasteiger partial charge in [-0.3, -0.25) is 4.79 Å². The van der Waals surface area contributed by atoms with Crippen LogP contribution in [0.15, 0.2) is 62.4 Å². The summed E-state index contributed by atoms with van der Waals surface area (Å²) in [4.78, 5) is 16.7. The van der Waals surface area contributed by atoms with E-state index in [0.717, 1.165) is 21.6 Å². The number of sulfonamides is 1. The maximum Gasteiger partial charge on any atom is 0.264 e. The van der Waals surface area contributed by atoms with E-state index < -0.39 is 10.0 Å². The Hall–Kier alpha value is -1.76. The molecule has 0 N–H and O–H groups in total. The molecule has 3 heterocycles. The van der Waals surface area contributed by atoms with Gasteiger partial charge < -0.3 is 4.90 Å². The third kappa shape index (κ3) is 4.58. The Morgan fingerprint density at radius 2 is 1.77 bits per heavy atom. The molecule has 4 aromatic rings. The highest BCUT2D eigenvalue weighted by atomic mass is 79.9. The summed E-state index contributed by atoms with van der Waals surface area (Å²) in [5.41, 5.74) is 1.57. The monoisotopic (exact) mass is 656 g/mol. The van der Waals surface area contributed by atoms with Crippen molar-refractivity contribution in [2.45, 2.75) is 11.8 Å². The van der Waals surface area contributed by atoms with Crippen molar-refractivity contribution in [2.75, 3.05) is 26.2 Å². The number of carbonyl (C=O) groups is 1. The number of thiophene rings is 1. The molecule has 0 bridgehead atoms. The van der Waals surface area contributed by atoms with Crippen molar-refractivity contribution in [1.82, 2.24) is 19.0 Å². The molecule has 1 fully saturated rings. The lowest BCUT2D eigenvalue weighted by molar-refractivity contribution is 0.0703. The largest absolute Gasteiger partial charge is 0.335 e. The predicted molar refractivity (Wildman–Crippen MR) is 145 cm³/mol. The fourth-order valence-corrected chi connectivity index (χ4v) is 8.29. The van der Waals surface area contributed by atoms with Crippen molar-refractivity contribution < 1.29 is 13.2 Å². The van der Waals surface area contributed by atoms with Crippen molar-refractivity contribution in [3.63, 3.8) is 0 Å². The summed E-state index contributed by atoms with van der Waals surface area (Å²) < 4.78 is 30.7. The summed E-state index contributed by atoms with van der Waals surface area (Å²) in [6.07, 6.45) is 0. The Labute approximate surface area is 228 Å².